The van der Waals surface area contributed by atoms with Crippen molar-refractivity contribution in [2.45, 2.75) is 18.8 Å². The number of nitrogens with two attached hydrogens (primary N) is 1. The van der Waals surface area contributed by atoms with E-state index in [0.717, 1.165) is 18.8 Å². The number of rotatable bonds is 4. The number of nitrogens with one attached hydrogen (secondary N) is 3. The van der Waals surface area contributed by atoms with Gasteiger partial charge in [0.05, 0.1) is 11.3 Å². The average molecular weight is 338 g/mol. The number of anilines is 1. The zero-order valence-corrected chi connectivity index (χ0v) is 13.9. The Labute approximate surface area is 146 Å². The fraction of sp³-hybridized carbons (Fsp3) is 0.263. The van der Waals surface area contributed by atoms with Gasteiger partial charge in [-0.2, -0.15) is 0 Å². The molecule has 0 bridgehead atoms. The lowest BCUT2D eigenvalue weighted by molar-refractivity contribution is -0.114. The van der Waals surface area contributed by atoms with E-state index >= 15 is 0 Å². The van der Waals surface area contributed by atoms with Crippen molar-refractivity contribution in [1.29, 1.82) is 5.41 Å². The van der Waals surface area contributed by atoms with Gasteiger partial charge in [0, 0.05) is 24.0 Å². The van der Waals surface area contributed by atoms with Crippen molar-refractivity contribution in [3.63, 3.8) is 0 Å². The Morgan fingerprint density at radius 2 is 2.08 bits per heavy atom. The van der Waals surface area contributed by atoms with Gasteiger partial charge >= 0.3 is 0 Å². The zero-order chi connectivity index (χ0) is 17.8. The van der Waals surface area contributed by atoms with Gasteiger partial charge in [0.15, 0.2) is 0 Å². The van der Waals surface area contributed by atoms with Crippen molar-refractivity contribution in [2.75, 3.05) is 18.4 Å². The summed E-state index contributed by atoms with van der Waals surface area (Å²) < 4.78 is 0. The molecule has 1 atom stereocenters. The number of primary amides is 1. The summed E-state index contributed by atoms with van der Waals surface area (Å²) in [5.74, 6) is -0.283. The molecule has 0 saturated carbocycles. The maximum atomic E-state index is 11.3. The smallest absolute Gasteiger partial charge is 0.251 e. The largest absolute Gasteiger partial charge is 0.508 e. The van der Waals surface area contributed by atoms with Crippen LogP contribution in [0.1, 0.15) is 24.3 Å². The van der Waals surface area contributed by atoms with Crippen LogP contribution in [0.2, 0.25) is 0 Å². The number of hydrogen-bond acceptors (Lipinski definition) is 5. The molecular formula is C19H22N4O2. The SMILES string of the molecule is N=C1C(C(N)=O)=CC(O)=C/C1=C/Nc1ccc([C@@H]2CCCNC2)cc1. The first-order chi connectivity index (χ1) is 12.0. The van der Waals surface area contributed by atoms with E-state index in [1.807, 2.05) is 12.1 Å². The standard InChI is InChI=1S/C19H22N4O2/c20-18-14(8-16(24)9-17(18)19(21)25)11-23-15-5-3-12(4-6-15)13-2-1-7-22-10-13/h3-6,8-9,11,13,20,22-24H,1-2,7,10H2,(H2,21,25)/b14-11-,20-18?/t13-/m1/s1. The number of aliphatic hydroxyl groups excluding tert-OH is 1. The lowest BCUT2D eigenvalue weighted by atomic mass is 9.91. The van der Waals surface area contributed by atoms with Crippen LogP contribution in [-0.4, -0.2) is 29.8 Å². The number of amides is 1. The normalized spacial score (nSPS) is 22.3. The molecule has 0 unspecified atom stereocenters. The van der Waals surface area contributed by atoms with Gasteiger partial charge in [-0.1, -0.05) is 12.1 Å². The highest BCUT2D eigenvalue weighted by molar-refractivity contribution is 6.28. The summed E-state index contributed by atoms with van der Waals surface area (Å²) in [4.78, 5) is 11.3. The van der Waals surface area contributed by atoms with Crippen LogP contribution >= 0.6 is 0 Å². The molecule has 0 aromatic heterocycles. The highest BCUT2D eigenvalue weighted by Crippen LogP contribution is 2.25. The molecule has 6 N–H and O–H groups in total. The number of benzene rings is 1. The van der Waals surface area contributed by atoms with Crippen molar-refractivity contribution in [3.8, 4) is 0 Å². The van der Waals surface area contributed by atoms with Crippen molar-refractivity contribution < 1.29 is 9.90 Å². The van der Waals surface area contributed by atoms with E-state index in [9.17, 15) is 9.90 Å². The minimum atomic E-state index is -0.735. The van der Waals surface area contributed by atoms with E-state index in [4.69, 9.17) is 11.1 Å². The van der Waals surface area contributed by atoms with Gasteiger partial charge in [-0.25, -0.2) is 0 Å². The predicted molar refractivity (Wildman–Crippen MR) is 98.7 cm³/mol. The molecule has 2 aliphatic rings. The van der Waals surface area contributed by atoms with Crippen LogP contribution in [0.15, 0.2) is 59.5 Å². The third kappa shape index (κ3) is 3.97. The summed E-state index contributed by atoms with van der Waals surface area (Å²) in [7, 11) is 0. The van der Waals surface area contributed by atoms with Crippen molar-refractivity contribution in [3.05, 3.63) is 65.1 Å². The quantitative estimate of drug-likeness (QED) is 0.580. The van der Waals surface area contributed by atoms with Crippen LogP contribution in [-0.2, 0) is 4.79 Å². The zero-order valence-electron chi connectivity index (χ0n) is 13.9. The van der Waals surface area contributed by atoms with Crippen LogP contribution in [0.4, 0.5) is 5.69 Å². The molecule has 1 aliphatic heterocycles. The molecule has 3 rings (SSSR count). The van der Waals surface area contributed by atoms with E-state index < -0.39 is 5.91 Å². The molecule has 6 nitrogen and oxygen atoms in total. The first kappa shape index (κ1) is 17.0. The molecule has 1 amide bonds. The van der Waals surface area contributed by atoms with E-state index in [2.05, 4.69) is 22.8 Å². The molecule has 6 heteroatoms. The second-order valence-electron chi connectivity index (χ2n) is 6.28. The van der Waals surface area contributed by atoms with Gasteiger partial charge < -0.3 is 21.5 Å². The van der Waals surface area contributed by atoms with E-state index in [-0.39, 0.29) is 17.0 Å². The van der Waals surface area contributed by atoms with Gasteiger partial charge in [0.2, 0.25) is 0 Å². The molecule has 25 heavy (non-hydrogen) atoms. The molecular weight excluding hydrogens is 316 g/mol. The van der Waals surface area contributed by atoms with Gasteiger partial charge in [-0.05, 0) is 55.2 Å². The van der Waals surface area contributed by atoms with Crippen molar-refractivity contribution in [2.24, 2.45) is 5.73 Å². The number of piperidine rings is 1. The Balaban J connectivity index is 1.70. The summed E-state index contributed by atoms with van der Waals surface area (Å²) in [6, 6.07) is 8.18. The Hall–Kier alpha value is -2.86. The first-order valence-electron chi connectivity index (χ1n) is 8.33. The number of allylic oxidation sites excluding steroid dienone is 3. The minimum Gasteiger partial charge on any atom is -0.508 e. The third-order valence-corrected chi connectivity index (χ3v) is 4.49. The second kappa shape index (κ2) is 7.36. The molecule has 130 valence electrons. The van der Waals surface area contributed by atoms with Crippen LogP contribution in [0.3, 0.4) is 0 Å². The van der Waals surface area contributed by atoms with E-state index in [1.54, 1.807) is 6.20 Å². The lowest BCUT2D eigenvalue weighted by Gasteiger charge is -2.23. The third-order valence-electron chi connectivity index (χ3n) is 4.49. The van der Waals surface area contributed by atoms with Crippen LogP contribution < -0.4 is 16.4 Å². The van der Waals surface area contributed by atoms with Crippen molar-refractivity contribution >= 4 is 17.3 Å². The minimum absolute atomic E-state index is 0.00630. The molecule has 0 radical (unpaired) electrons. The average Bonchev–Trinajstić information content (AvgIpc) is 2.63. The summed E-state index contributed by atoms with van der Waals surface area (Å²) >= 11 is 0. The predicted octanol–water partition coefficient (Wildman–Crippen LogP) is 2.34. The molecule has 1 saturated heterocycles. The maximum absolute atomic E-state index is 11.3. The monoisotopic (exact) mass is 338 g/mol. The van der Waals surface area contributed by atoms with Gasteiger partial charge in [0.1, 0.15) is 5.76 Å². The molecule has 1 aromatic rings. The van der Waals surface area contributed by atoms with Crippen molar-refractivity contribution in [1.82, 2.24) is 5.32 Å². The Morgan fingerprint density at radius 3 is 2.72 bits per heavy atom. The van der Waals surface area contributed by atoms with E-state index in [1.165, 1.54) is 30.6 Å². The number of carbonyl (C=O) groups is 1. The van der Waals surface area contributed by atoms with Crippen LogP contribution in [0, 0.1) is 5.41 Å². The maximum Gasteiger partial charge on any atom is 0.251 e. The summed E-state index contributed by atoms with van der Waals surface area (Å²) in [5, 5.41) is 24.2. The topological polar surface area (TPSA) is 111 Å². The molecule has 1 aliphatic carbocycles. The van der Waals surface area contributed by atoms with Gasteiger partial charge in [0.25, 0.3) is 5.91 Å². The Kier molecular flexibility index (Phi) is 5.00. The van der Waals surface area contributed by atoms with Crippen LogP contribution in [0.5, 0.6) is 0 Å². The number of hydrogen-bond donors (Lipinski definition) is 5. The lowest BCUT2D eigenvalue weighted by Crippen LogP contribution is -2.28. The second-order valence-corrected chi connectivity index (χ2v) is 6.28. The molecule has 1 fully saturated rings. The first-order valence-corrected chi connectivity index (χ1v) is 8.33. The summed E-state index contributed by atoms with van der Waals surface area (Å²) in [6.07, 6.45) is 6.61. The summed E-state index contributed by atoms with van der Waals surface area (Å²) in [6.45, 7) is 2.11. The Morgan fingerprint density at radius 1 is 1.32 bits per heavy atom. The molecule has 1 heterocycles. The van der Waals surface area contributed by atoms with Gasteiger partial charge in [-0.15, -0.1) is 0 Å². The van der Waals surface area contributed by atoms with Gasteiger partial charge in [-0.3, -0.25) is 10.2 Å². The highest BCUT2D eigenvalue weighted by Gasteiger charge is 2.20. The Bertz CT molecular complexity index is 769. The van der Waals surface area contributed by atoms with Crippen LogP contribution in [0.25, 0.3) is 0 Å². The fourth-order valence-electron chi connectivity index (χ4n) is 3.11. The molecule has 1 aromatic carbocycles. The highest BCUT2D eigenvalue weighted by atomic mass is 16.3. The summed E-state index contributed by atoms with van der Waals surface area (Å²) in [5.41, 5.74) is 7.80. The van der Waals surface area contributed by atoms with E-state index in [0.29, 0.717) is 11.5 Å². The number of carbonyl (C=O) groups excluding carboxylic acids is 1. The molecule has 0 spiro atoms. The fourth-order valence-corrected chi connectivity index (χ4v) is 3.11. The number of aliphatic hydroxyl groups is 1.